The van der Waals surface area contributed by atoms with Crippen molar-refractivity contribution in [2.45, 2.75) is 17.4 Å². The van der Waals surface area contributed by atoms with E-state index in [9.17, 15) is 5.11 Å². The van der Waals surface area contributed by atoms with Crippen molar-refractivity contribution in [1.29, 1.82) is 0 Å². The van der Waals surface area contributed by atoms with Gasteiger partial charge in [-0.25, -0.2) is 4.98 Å². The minimum atomic E-state index is -0.342. The maximum absolute atomic E-state index is 9.89. The lowest BCUT2D eigenvalue weighted by molar-refractivity contribution is 0.200. The smallest absolute Gasteiger partial charge is 0.0950 e. The molecule has 0 aliphatic heterocycles. The minimum absolute atomic E-state index is 0.342. The Bertz CT molecular complexity index is 461. The van der Waals surface area contributed by atoms with Crippen LogP contribution >= 0.6 is 39.0 Å². The Hall–Kier alpha value is -0.360. The minimum Gasteiger partial charge on any atom is -0.392 e. The van der Waals surface area contributed by atoms with Gasteiger partial charge in [0.1, 0.15) is 0 Å². The number of hydrogen-bond acceptors (Lipinski definition) is 4. The molecule has 1 heterocycles. The van der Waals surface area contributed by atoms with Gasteiger partial charge in [0, 0.05) is 33.1 Å². The normalized spacial score (nSPS) is 12.6. The van der Waals surface area contributed by atoms with Gasteiger partial charge in [-0.2, -0.15) is 0 Å². The summed E-state index contributed by atoms with van der Waals surface area (Å²) in [5.41, 5.74) is 0. The summed E-state index contributed by atoms with van der Waals surface area (Å²) in [7, 11) is 0. The Morgan fingerprint density at radius 3 is 3.06 bits per heavy atom. The molecule has 0 spiro atoms. The topological polar surface area (TPSA) is 33.1 Å². The van der Waals surface area contributed by atoms with Crippen LogP contribution in [0.5, 0.6) is 0 Å². The third-order valence-corrected chi connectivity index (χ3v) is 4.57. The molecule has 1 atom stereocenters. The molecule has 1 N–H and O–H groups in total. The van der Waals surface area contributed by atoms with Crippen LogP contribution in [0.4, 0.5) is 0 Å². The number of aliphatic hydroxyl groups is 1. The Morgan fingerprint density at radius 2 is 2.35 bits per heavy atom. The van der Waals surface area contributed by atoms with Crippen LogP contribution in [0.2, 0.25) is 0 Å². The lowest BCUT2D eigenvalue weighted by Crippen LogP contribution is -2.13. The molecule has 5 heteroatoms. The third kappa shape index (κ3) is 4.43. The summed E-state index contributed by atoms with van der Waals surface area (Å²) >= 11 is 6.68. The lowest BCUT2D eigenvalue weighted by atomic mass is 10.3. The summed E-state index contributed by atoms with van der Waals surface area (Å²) in [6, 6.07) is 8.10. The third-order valence-electron chi connectivity index (χ3n) is 2.13. The first kappa shape index (κ1) is 13.1. The van der Waals surface area contributed by atoms with E-state index in [1.807, 2.05) is 23.6 Å². The lowest BCUT2D eigenvalue weighted by Gasteiger charge is -2.08. The fourth-order valence-electron chi connectivity index (χ4n) is 1.36. The number of thiazole rings is 1. The Balaban J connectivity index is 1.82. The molecule has 2 aromatic rings. The summed E-state index contributed by atoms with van der Waals surface area (Å²) in [5.74, 6) is 0.691. The average Bonchev–Trinajstić information content (AvgIpc) is 2.79. The van der Waals surface area contributed by atoms with Crippen molar-refractivity contribution in [1.82, 2.24) is 4.98 Å². The zero-order valence-electron chi connectivity index (χ0n) is 9.04. The summed E-state index contributed by atoms with van der Waals surface area (Å²) in [4.78, 5) is 5.33. The van der Waals surface area contributed by atoms with Crippen molar-refractivity contribution in [2.75, 3.05) is 5.75 Å². The predicted molar refractivity (Wildman–Crippen MR) is 76.7 cm³/mol. The van der Waals surface area contributed by atoms with Gasteiger partial charge in [0.05, 0.1) is 11.1 Å². The molecule has 0 fully saturated rings. The first-order chi connectivity index (χ1) is 8.24. The van der Waals surface area contributed by atoms with Crippen molar-refractivity contribution in [3.63, 3.8) is 0 Å². The molecule has 90 valence electrons. The second kappa shape index (κ2) is 6.54. The first-order valence-electron chi connectivity index (χ1n) is 5.19. The van der Waals surface area contributed by atoms with Crippen molar-refractivity contribution < 1.29 is 5.11 Å². The van der Waals surface area contributed by atoms with E-state index in [-0.39, 0.29) is 6.10 Å². The molecule has 0 aliphatic rings. The van der Waals surface area contributed by atoms with Gasteiger partial charge in [-0.3, -0.25) is 0 Å². The fraction of sp³-hybridized carbons (Fsp3) is 0.250. The van der Waals surface area contributed by atoms with E-state index in [1.54, 1.807) is 29.3 Å². The summed E-state index contributed by atoms with van der Waals surface area (Å²) in [6.45, 7) is 0. The van der Waals surface area contributed by atoms with Gasteiger partial charge in [-0.05, 0) is 18.2 Å². The Morgan fingerprint density at radius 1 is 1.47 bits per heavy atom. The molecule has 0 saturated carbocycles. The molecule has 1 aromatic carbocycles. The maximum Gasteiger partial charge on any atom is 0.0950 e. The van der Waals surface area contributed by atoms with Crippen molar-refractivity contribution in [3.8, 4) is 0 Å². The van der Waals surface area contributed by atoms with Crippen molar-refractivity contribution in [3.05, 3.63) is 45.3 Å². The van der Waals surface area contributed by atoms with Gasteiger partial charge in [-0.1, -0.05) is 22.0 Å². The van der Waals surface area contributed by atoms with Gasteiger partial charge in [0.2, 0.25) is 0 Å². The van der Waals surface area contributed by atoms with Crippen LogP contribution in [0, 0.1) is 0 Å². The van der Waals surface area contributed by atoms with E-state index >= 15 is 0 Å². The first-order valence-corrected chi connectivity index (χ1v) is 7.84. The predicted octanol–water partition coefficient (Wildman–Crippen LogP) is 3.60. The van der Waals surface area contributed by atoms with Gasteiger partial charge in [0.25, 0.3) is 0 Å². The fourth-order valence-corrected chi connectivity index (χ4v) is 3.49. The van der Waals surface area contributed by atoms with E-state index in [0.29, 0.717) is 12.2 Å². The number of aromatic nitrogens is 1. The average molecular weight is 330 g/mol. The highest BCUT2D eigenvalue weighted by Crippen LogP contribution is 2.23. The molecule has 1 aromatic heterocycles. The summed E-state index contributed by atoms with van der Waals surface area (Å²) in [6.07, 6.45) is 2.07. The molecule has 0 aliphatic carbocycles. The van der Waals surface area contributed by atoms with Crippen LogP contribution < -0.4 is 0 Å². The molecular weight excluding hydrogens is 318 g/mol. The van der Waals surface area contributed by atoms with Gasteiger partial charge in [0.15, 0.2) is 0 Å². The number of halogens is 1. The Labute approximate surface area is 117 Å². The van der Waals surface area contributed by atoms with Crippen LogP contribution in [-0.4, -0.2) is 21.9 Å². The molecule has 2 rings (SSSR count). The van der Waals surface area contributed by atoms with Gasteiger partial charge in [-0.15, -0.1) is 23.1 Å². The second-order valence-electron chi connectivity index (χ2n) is 3.55. The molecule has 2 nitrogen and oxygen atoms in total. The van der Waals surface area contributed by atoms with E-state index in [2.05, 4.69) is 27.0 Å². The van der Waals surface area contributed by atoms with Crippen LogP contribution in [-0.2, 0) is 6.42 Å². The van der Waals surface area contributed by atoms with Gasteiger partial charge >= 0.3 is 0 Å². The summed E-state index contributed by atoms with van der Waals surface area (Å²) in [5, 5.41) is 12.8. The maximum atomic E-state index is 9.89. The number of hydrogen-bond donors (Lipinski definition) is 1. The van der Waals surface area contributed by atoms with Gasteiger partial charge < -0.3 is 5.11 Å². The number of nitrogens with zero attached hydrogens (tertiary/aromatic N) is 1. The highest BCUT2D eigenvalue weighted by Gasteiger charge is 2.08. The van der Waals surface area contributed by atoms with E-state index in [4.69, 9.17) is 0 Å². The van der Waals surface area contributed by atoms with Crippen LogP contribution in [0.25, 0.3) is 0 Å². The highest BCUT2D eigenvalue weighted by molar-refractivity contribution is 9.10. The van der Waals surface area contributed by atoms with Crippen molar-refractivity contribution in [2.24, 2.45) is 0 Å². The Kier molecular flexibility index (Phi) is 5.03. The molecule has 1 unspecified atom stereocenters. The van der Waals surface area contributed by atoms with Crippen LogP contribution in [0.1, 0.15) is 5.01 Å². The quantitative estimate of drug-likeness (QED) is 0.851. The van der Waals surface area contributed by atoms with E-state index in [0.717, 1.165) is 14.4 Å². The van der Waals surface area contributed by atoms with Crippen molar-refractivity contribution >= 4 is 39.0 Å². The number of benzene rings is 1. The summed E-state index contributed by atoms with van der Waals surface area (Å²) < 4.78 is 1.07. The molecule has 0 radical (unpaired) electrons. The molecule has 0 amide bonds. The van der Waals surface area contributed by atoms with E-state index < -0.39 is 0 Å². The number of thioether (sulfide) groups is 1. The largest absolute Gasteiger partial charge is 0.392 e. The van der Waals surface area contributed by atoms with Crippen LogP contribution in [0.15, 0.2) is 45.2 Å². The second-order valence-corrected chi connectivity index (χ2v) is 6.54. The zero-order chi connectivity index (χ0) is 12.1. The zero-order valence-corrected chi connectivity index (χ0v) is 12.3. The molecule has 0 bridgehead atoms. The molecular formula is C12H12BrNOS2. The molecule has 17 heavy (non-hydrogen) atoms. The standard InChI is InChI=1S/C12H12BrNOS2/c13-9-2-1-3-11(6-9)17-8-10(15)7-12-14-4-5-16-12/h1-6,10,15H,7-8H2. The number of rotatable bonds is 5. The van der Waals surface area contributed by atoms with Crippen LogP contribution in [0.3, 0.4) is 0 Å². The number of aliphatic hydroxyl groups excluding tert-OH is 1. The highest BCUT2D eigenvalue weighted by atomic mass is 79.9. The monoisotopic (exact) mass is 329 g/mol. The molecule has 0 saturated heterocycles. The van der Waals surface area contributed by atoms with E-state index in [1.165, 1.54) is 0 Å². The SMILES string of the molecule is OC(CSc1cccc(Br)c1)Cc1nccs1.